The average molecular weight is 413 g/mol. The maximum Gasteiger partial charge on any atom is 0.209 e. The van der Waals surface area contributed by atoms with Gasteiger partial charge in [-0.2, -0.15) is 0 Å². The third-order valence-corrected chi connectivity index (χ3v) is 5.79. The third-order valence-electron chi connectivity index (χ3n) is 5.79. The summed E-state index contributed by atoms with van der Waals surface area (Å²) >= 11 is 0. The van der Waals surface area contributed by atoms with Crippen LogP contribution in [0.15, 0.2) is 48.5 Å². The van der Waals surface area contributed by atoms with Gasteiger partial charge in [-0.05, 0) is 52.4 Å². The molecule has 3 aromatic rings. The fraction of sp³-hybridized carbons (Fsp3) is 0.409. The molecule has 4 rings (SSSR count). The minimum Gasteiger partial charge on any atom is -0.360 e. The summed E-state index contributed by atoms with van der Waals surface area (Å²) in [6.45, 7) is 8.59. The van der Waals surface area contributed by atoms with Gasteiger partial charge in [-0.15, -0.1) is 5.10 Å². The smallest absolute Gasteiger partial charge is 0.209 e. The van der Waals surface area contributed by atoms with Crippen molar-refractivity contribution < 1.29 is 13.7 Å². The van der Waals surface area contributed by atoms with Gasteiger partial charge in [-0.1, -0.05) is 26.0 Å². The van der Waals surface area contributed by atoms with Gasteiger partial charge in [0, 0.05) is 11.6 Å². The highest BCUT2D eigenvalue weighted by molar-refractivity contribution is 5.46. The number of hydrogen-bond acceptors (Lipinski definition) is 4. The topological polar surface area (TPSA) is 51.3 Å². The molecule has 0 saturated carbocycles. The van der Waals surface area contributed by atoms with Crippen molar-refractivity contribution in [2.45, 2.75) is 26.4 Å². The Hall–Kier alpha value is -2.87. The number of aromatic nitrogens is 4. The molecule has 30 heavy (non-hydrogen) atoms. The molecular formula is C22H27F2N6+. The van der Waals surface area contributed by atoms with E-state index in [9.17, 15) is 8.78 Å². The normalized spacial score (nSPS) is 16.2. The molecule has 0 unspecified atom stereocenters. The minimum absolute atomic E-state index is 0.163. The van der Waals surface area contributed by atoms with Crippen LogP contribution >= 0.6 is 0 Å². The second-order valence-electron chi connectivity index (χ2n) is 8.16. The first kappa shape index (κ1) is 20.4. The van der Waals surface area contributed by atoms with E-state index in [0.717, 1.165) is 43.3 Å². The monoisotopic (exact) mass is 413 g/mol. The molecule has 2 aromatic carbocycles. The lowest BCUT2D eigenvalue weighted by molar-refractivity contribution is -0.937. The fourth-order valence-electron chi connectivity index (χ4n) is 4.28. The zero-order chi connectivity index (χ0) is 21.1. The molecule has 1 N–H and O–H groups in total. The highest BCUT2D eigenvalue weighted by Crippen LogP contribution is 2.19. The molecule has 1 aliphatic heterocycles. The van der Waals surface area contributed by atoms with E-state index in [4.69, 9.17) is 0 Å². The van der Waals surface area contributed by atoms with Crippen LogP contribution in [0.4, 0.5) is 14.5 Å². The van der Waals surface area contributed by atoms with Gasteiger partial charge in [0.1, 0.15) is 11.6 Å². The maximum atomic E-state index is 13.2. The number of anilines is 1. The number of hydrogen-bond donors (Lipinski definition) is 1. The Morgan fingerprint density at radius 3 is 2.13 bits per heavy atom. The van der Waals surface area contributed by atoms with Crippen LogP contribution < -0.4 is 9.80 Å². The van der Waals surface area contributed by atoms with Gasteiger partial charge in [0.2, 0.25) is 5.82 Å². The van der Waals surface area contributed by atoms with Crippen molar-refractivity contribution in [1.29, 1.82) is 0 Å². The second kappa shape index (κ2) is 8.87. The van der Waals surface area contributed by atoms with E-state index >= 15 is 0 Å². The predicted molar refractivity (Wildman–Crippen MR) is 110 cm³/mol. The zero-order valence-electron chi connectivity index (χ0n) is 17.3. The van der Waals surface area contributed by atoms with Gasteiger partial charge < -0.3 is 9.80 Å². The van der Waals surface area contributed by atoms with Crippen molar-refractivity contribution in [3.8, 4) is 0 Å². The molecule has 1 atom stereocenters. The Morgan fingerprint density at radius 1 is 0.933 bits per heavy atom. The second-order valence-corrected chi connectivity index (χ2v) is 8.16. The number of rotatable bonds is 6. The Morgan fingerprint density at radius 2 is 1.53 bits per heavy atom. The van der Waals surface area contributed by atoms with Crippen LogP contribution in [0.2, 0.25) is 0 Å². The van der Waals surface area contributed by atoms with Crippen molar-refractivity contribution in [1.82, 2.24) is 20.2 Å². The van der Waals surface area contributed by atoms with Gasteiger partial charge >= 0.3 is 0 Å². The molecule has 1 aliphatic rings. The standard InChI is InChI=1S/C22H26F2N6/c1-16(2)21(22-25-26-27-30(22)15-17-3-5-18(23)6-4-17)29-13-11-28(12-14-29)20-9-7-19(24)8-10-20/h3-10,16,21H,11-15H2,1-2H3/p+1/t21-/m1/s1. The summed E-state index contributed by atoms with van der Waals surface area (Å²) in [7, 11) is 0. The third kappa shape index (κ3) is 4.48. The first-order valence-corrected chi connectivity index (χ1v) is 10.4. The molecule has 1 saturated heterocycles. The lowest BCUT2D eigenvalue weighted by atomic mass is 10.0. The Bertz CT molecular complexity index is 947. The van der Waals surface area contributed by atoms with Gasteiger partial charge in [-0.3, -0.25) is 0 Å². The number of tetrazole rings is 1. The quantitative estimate of drug-likeness (QED) is 0.673. The summed E-state index contributed by atoms with van der Waals surface area (Å²) in [6.07, 6.45) is 0. The molecule has 0 amide bonds. The molecule has 6 nitrogen and oxygen atoms in total. The molecule has 2 heterocycles. The van der Waals surface area contributed by atoms with Crippen molar-refractivity contribution in [3.63, 3.8) is 0 Å². The number of piperazine rings is 1. The Labute approximate surface area is 175 Å². The first-order chi connectivity index (χ1) is 14.5. The van der Waals surface area contributed by atoms with E-state index in [0.29, 0.717) is 12.5 Å². The summed E-state index contributed by atoms with van der Waals surface area (Å²) in [5.74, 6) is 0.755. The molecule has 1 aromatic heterocycles. The molecular weight excluding hydrogens is 386 g/mol. The lowest BCUT2D eigenvalue weighted by Crippen LogP contribution is -3.15. The van der Waals surface area contributed by atoms with Gasteiger partial charge in [0.25, 0.3) is 0 Å². The number of halogens is 2. The summed E-state index contributed by atoms with van der Waals surface area (Å²) in [4.78, 5) is 3.74. The van der Waals surface area contributed by atoms with Crippen LogP contribution in [0, 0.1) is 17.6 Å². The number of quaternary nitrogens is 1. The zero-order valence-corrected chi connectivity index (χ0v) is 17.3. The largest absolute Gasteiger partial charge is 0.360 e. The van der Waals surface area contributed by atoms with E-state index in [-0.39, 0.29) is 17.7 Å². The molecule has 0 spiro atoms. The fourth-order valence-corrected chi connectivity index (χ4v) is 4.28. The van der Waals surface area contributed by atoms with Crippen LogP contribution in [0.3, 0.4) is 0 Å². The van der Waals surface area contributed by atoms with Crippen LogP contribution in [0.25, 0.3) is 0 Å². The molecule has 0 aliphatic carbocycles. The molecule has 0 bridgehead atoms. The van der Waals surface area contributed by atoms with Crippen LogP contribution in [0.1, 0.15) is 31.3 Å². The summed E-state index contributed by atoms with van der Waals surface area (Å²) in [5, 5.41) is 12.5. The first-order valence-electron chi connectivity index (χ1n) is 10.4. The minimum atomic E-state index is -0.251. The molecule has 158 valence electrons. The number of benzene rings is 2. The highest BCUT2D eigenvalue weighted by Gasteiger charge is 2.35. The van der Waals surface area contributed by atoms with E-state index in [1.165, 1.54) is 29.2 Å². The number of nitrogens with zero attached hydrogens (tertiary/aromatic N) is 5. The number of nitrogens with one attached hydrogen (secondary N) is 1. The SMILES string of the molecule is CC(C)[C@H](c1nnnn1Cc1ccc(F)cc1)[NH+]1CCN(c2ccc(F)cc2)CC1. The van der Waals surface area contributed by atoms with E-state index in [2.05, 4.69) is 34.3 Å². The van der Waals surface area contributed by atoms with Gasteiger partial charge in [0.15, 0.2) is 6.04 Å². The Balaban J connectivity index is 1.48. The molecule has 1 fully saturated rings. The van der Waals surface area contributed by atoms with Gasteiger partial charge in [0.05, 0.1) is 32.7 Å². The predicted octanol–water partition coefficient (Wildman–Crippen LogP) is 2.10. The summed E-state index contributed by atoms with van der Waals surface area (Å²) in [6, 6.07) is 13.3. The van der Waals surface area contributed by atoms with Gasteiger partial charge in [-0.25, -0.2) is 13.5 Å². The summed E-state index contributed by atoms with van der Waals surface area (Å²) in [5.41, 5.74) is 2.02. The van der Waals surface area contributed by atoms with Crippen molar-refractivity contribution in [2.24, 2.45) is 5.92 Å². The van der Waals surface area contributed by atoms with E-state index in [1.54, 1.807) is 12.1 Å². The van der Waals surface area contributed by atoms with Crippen molar-refractivity contribution in [3.05, 3.63) is 71.6 Å². The summed E-state index contributed by atoms with van der Waals surface area (Å²) < 4.78 is 28.3. The van der Waals surface area contributed by atoms with Crippen LogP contribution in [0.5, 0.6) is 0 Å². The van der Waals surface area contributed by atoms with Crippen molar-refractivity contribution >= 4 is 5.69 Å². The van der Waals surface area contributed by atoms with E-state index < -0.39 is 0 Å². The highest BCUT2D eigenvalue weighted by atomic mass is 19.1. The van der Waals surface area contributed by atoms with Crippen molar-refractivity contribution in [2.75, 3.05) is 31.1 Å². The lowest BCUT2D eigenvalue weighted by Gasteiger charge is -2.38. The van der Waals surface area contributed by atoms with E-state index in [1.807, 2.05) is 16.8 Å². The Kier molecular flexibility index (Phi) is 6.03. The van der Waals surface area contributed by atoms with Crippen LogP contribution in [-0.2, 0) is 6.54 Å². The van der Waals surface area contributed by atoms with Crippen LogP contribution in [-0.4, -0.2) is 46.4 Å². The molecule has 8 heteroatoms. The average Bonchev–Trinajstić information content (AvgIpc) is 3.18. The molecule has 0 radical (unpaired) electrons. The maximum absolute atomic E-state index is 13.2.